The van der Waals surface area contributed by atoms with Gasteiger partial charge in [-0.15, -0.1) is 0 Å². The molecule has 86 valence electrons. The van der Waals surface area contributed by atoms with Crippen LogP contribution in [0.15, 0.2) is 42.6 Å². The molecule has 1 amide bonds. The van der Waals surface area contributed by atoms with Gasteiger partial charge in [-0.3, -0.25) is 4.79 Å². The van der Waals surface area contributed by atoms with Crippen molar-refractivity contribution in [2.75, 3.05) is 11.1 Å². The number of nitrogens with two attached hydrogens (primary N) is 1. The Morgan fingerprint density at radius 1 is 1.29 bits per heavy atom. The number of nitrogens with one attached hydrogen (secondary N) is 1. The van der Waals surface area contributed by atoms with Crippen molar-refractivity contribution in [3.05, 3.63) is 53.2 Å². The second kappa shape index (κ2) is 4.84. The fraction of sp³-hybridized carbons (Fsp3) is 0. The van der Waals surface area contributed by atoms with Gasteiger partial charge in [0.05, 0.1) is 5.56 Å². The highest BCUT2D eigenvalue weighted by Gasteiger charge is 2.09. The van der Waals surface area contributed by atoms with Gasteiger partial charge < -0.3 is 11.1 Å². The number of pyridine rings is 1. The number of anilines is 2. The SMILES string of the molecule is Nc1ncccc1C(=O)Nc1cccc(Cl)c1. The highest BCUT2D eigenvalue weighted by atomic mass is 35.5. The van der Waals surface area contributed by atoms with E-state index in [0.717, 1.165) is 0 Å². The fourth-order valence-electron chi connectivity index (χ4n) is 1.37. The summed E-state index contributed by atoms with van der Waals surface area (Å²) in [6, 6.07) is 10.2. The first-order valence-corrected chi connectivity index (χ1v) is 5.32. The van der Waals surface area contributed by atoms with E-state index in [4.69, 9.17) is 17.3 Å². The Balaban J connectivity index is 2.20. The van der Waals surface area contributed by atoms with Crippen molar-refractivity contribution in [3.8, 4) is 0 Å². The van der Waals surface area contributed by atoms with Gasteiger partial charge in [0.25, 0.3) is 5.91 Å². The first-order chi connectivity index (χ1) is 8.16. The quantitative estimate of drug-likeness (QED) is 0.857. The third-order valence-electron chi connectivity index (χ3n) is 2.17. The number of nitrogens with zero attached hydrogens (tertiary/aromatic N) is 1. The lowest BCUT2D eigenvalue weighted by Crippen LogP contribution is -2.14. The van der Waals surface area contributed by atoms with Gasteiger partial charge in [0.1, 0.15) is 5.82 Å². The fourth-order valence-corrected chi connectivity index (χ4v) is 1.56. The summed E-state index contributed by atoms with van der Waals surface area (Å²) in [5, 5.41) is 3.25. The van der Waals surface area contributed by atoms with E-state index in [0.29, 0.717) is 16.3 Å². The van der Waals surface area contributed by atoms with Crippen LogP contribution >= 0.6 is 11.6 Å². The van der Waals surface area contributed by atoms with E-state index in [1.54, 1.807) is 36.4 Å². The van der Waals surface area contributed by atoms with Crippen molar-refractivity contribution in [2.24, 2.45) is 0 Å². The Morgan fingerprint density at radius 2 is 2.12 bits per heavy atom. The molecule has 0 saturated carbocycles. The molecule has 0 spiro atoms. The summed E-state index contributed by atoms with van der Waals surface area (Å²) in [5.74, 6) is -0.107. The molecule has 0 radical (unpaired) electrons. The van der Waals surface area contributed by atoms with Gasteiger partial charge in [0.15, 0.2) is 0 Å². The standard InChI is InChI=1S/C12H10ClN3O/c13-8-3-1-4-9(7-8)16-12(17)10-5-2-6-15-11(10)14/h1-7H,(H2,14,15)(H,16,17). The zero-order chi connectivity index (χ0) is 12.3. The van der Waals surface area contributed by atoms with Crippen LogP contribution in [0.5, 0.6) is 0 Å². The summed E-state index contributed by atoms with van der Waals surface area (Å²) in [5.41, 5.74) is 6.56. The second-order valence-corrected chi connectivity index (χ2v) is 3.84. The van der Waals surface area contributed by atoms with Gasteiger partial charge in [0, 0.05) is 16.9 Å². The lowest BCUT2D eigenvalue weighted by molar-refractivity contribution is 0.102. The number of carbonyl (C=O) groups excluding carboxylic acids is 1. The molecule has 0 aliphatic carbocycles. The lowest BCUT2D eigenvalue weighted by atomic mass is 10.2. The lowest BCUT2D eigenvalue weighted by Gasteiger charge is -2.06. The predicted molar refractivity (Wildman–Crippen MR) is 68.1 cm³/mol. The van der Waals surface area contributed by atoms with Gasteiger partial charge in [-0.1, -0.05) is 17.7 Å². The van der Waals surface area contributed by atoms with Crippen molar-refractivity contribution in [3.63, 3.8) is 0 Å². The number of halogens is 1. The predicted octanol–water partition coefficient (Wildman–Crippen LogP) is 2.57. The highest BCUT2D eigenvalue weighted by Crippen LogP contribution is 2.16. The first-order valence-electron chi connectivity index (χ1n) is 4.94. The van der Waals surface area contributed by atoms with Crippen LogP contribution in [-0.4, -0.2) is 10.9 Å². The smallest absolute Gasteiger partial charge is 0.259 e. The maximum atomic E-state index is 11.9. The number of benzene rings is 1. The van der Waals surface area contributed by atoms with Crippen LogP contribution in [0.25, 0.3) is 0 Å². The van der Waals surface area contributed by atoms with E-state index in [9.17, 15) is 4.79 Å². The topological polar surface area (TPSA) is 68.0 Å². The molecule has 17 heavy (non-hydrogen) atoms. The van der Waals surface area contributed by atoms with E-state index in [-0.39, 0.29) is 11.7 Å². The van der Waals surface area contributed by atoms with Crippen LogP contribution < -0.4 is 11.1 Å². The Kier molecular flexibility index (Phi) is 3.25. The van der Waals surface area contributed by atoms with Crippen LogP contribution in [0.3, 0.4) is 0 Å². The third-order valence-corrected chi connectivity index (χ3v) is 2.40. The Hall–Kier alpha value is -2.07. The van der Waals surface area contributed by atoms with Crippen molar-refractivity contribution in [1.82, 2.24) is 4.98 Å². The summed E-state index contributed by atoms with van der Waals surface area (Å²) in [7, 11) is 0. The molecule has 0 fully saturated rings. The van der Waals surface area contributed by atoms with Crippen LogP contribution in [0, 0.1) is 0 Å². The van der Waals surface area contributed by atoms with Crippen LogP contribution in [-0.2, 0) is 0 Å². The van der Waals surface area contributed by atoms with Crippen LogP contribution in [0.2, 0.25) is 5.02 Å². The summed E-state index contributed by atoms with van der Waals surface area (Å²) in [4.78, 5) is 15.7. The summed E-state index contributed by atoms with van der Waals surface area (Å²) < 4.78 is 0. The van der Waals surface area contributed by atoms with Crippen LogP contribution in [0.1, 0.15) is 10.4 Å². The largest absolute Gasteiger partial charge is 0.383 e. The molecule has 2 rings (SSSR count). The zero-order valence-electron chi connectivity index (χ0n) is 8.85. The van der Waals surface area contributed by atoms with Crippen molar-refractivity contribution >= 4 is 29.0 Å². The zero-order valence-corrected chi connectivity index (χ0v) is 9.61. The number of nitrogen functional groups attached to an aromatic ring is 1. The molecule has 0 aliphatic rings. The maximum Gasteiger partial charge on any atom is 0.259 e. The van der Waals surface area contributed by atoms with Gasteiger partial charge in [-0.2, -0.15) is 0 Å². The van der Waals surface area contributed by atoms with Crippen molar-refractivity contribution < 1.29 is 4.79 Å². The molecule has 2 aromatic rings. The number of amides is 1. The Bertz CT molecular complexity index is 557. The molecule has 0 unspecified atom stereocenters. The summed E-state index contributed by atoms with van der Waals surface area (Å²) in [6.45, 7) is 0. The molecule has 5 heteroatoms. The number of aromatic nitrogens is 1. The molecule has 3 N–H and O–H groups in total. The maximum absolute atomic E-state index is 11.9. The molecule has 4 nitrogen and oxygen atoms in total. The van der Waals surface area contributed by atoms with Crippen LogP contribution in [0.4, 0.5) is 11.5 Å². The number of hydrogen-bond donors (Lipinski definition) is 2. The molecule has 1 aromatic carbocycles. The average Bonchev–Trinajstić information content (AvgIpc) is 2.29. The molecule has 1 aromatic heterocycles. The van der Waals surface area contributed by atoms with Crippen molar-refractivity contribution in [2.45, 2.75) is 0 Å². The minimum Gasteiger partial charge on any atom is -0.383 e. The average molecular weight is 248 g/mol. The van der Waals surface area contributed by atoms with Gasteiger partial charge in [-0.25, -0.2) is 4.98 Å². The van der Waals surface area contributed by atoms with E-state index in [2.05, 4.69) is 10.3 Å². The third kappa shape index (κ3) is 2.73. The molecule has 1 heterocycles. The van der Waals surface area contributed by atoms with Gasteiger partial charge >= 0.3 is 0 Å². The monoisotopic (exact) mass is 247 g/mol. The molecular formula is C12H10ClN3O. The first kappa shape index (κ1) is 11.4. The number of carbonyl (C=O) groups is 1. The van der Waals surface area contributed by atoms with E-state index in [1.165, 1.54) is 6.20 Å². The molecule has 0 atom stereocenters. The normalized spacial score (nSPS) is 9.94. The van der Waals surface area contributed by atoms with E-state index < -0.39 is 0 Å². The molecule has 0 bridgehead atoms. The van der Waals surface area contributed by atoms with Gasteiger partial charge in [0.2, 0.25) is 0 Å². The minimum absolute atomic E-state index is 0.201. The van der Waals surface area contributed by atoms with Crippen molar-refractivity contribution in [1.29, 1.82) is 0 Å². The minimum atomic E-state index is -0.308. The van der Waals surface area contributed by atoms with Gasteiger partial charge in [-0.05, 0) is 30.3 Å². The Labute approximate surface area is 103 Å². The summed E-state index contributed by atoms with van der Waals surface area (Å²) in [6.07, 6.45) is 1.53. The Morgan fingerprint density at radius 3 is 2.82 bits per heavy atom. The summed E-state index contributed by atoms with van der Waals surface area (Å²) >= 11 is 5.82. The van der Waals surface area contributed by atoms with E-state index in [1.807, 2.05) is 0 Å². The number of rotatable bonds is 2. The highest BCUT2D eigenvalue weighted by molar-refractivity contribution is 6.31. The molecule has 0 saturated heterocycles. The number of hydrogen-bond acceptors (Lipinski definition) is 3. The molecular weight excluding hydrogens is 238 g/mol. The molecule has 0 aliphatic heterocycles. The van der Waals surface area contributed by atoms with E-state index >= 15 is 0 Å². The second-order valence-electron chi connectivity index (χ2n) is 3.40.